The number of anilines is 1. The van der Waals surface area contributed by atoms with Gasteiger partial charge in [0.25, 0.3) is 0 Å². The van der Waals surface area contributed by atoms with Crippen LogP contribution in [0.25, 0.3) is 16.6 Å². The maximum atomic E-state index is 14.3. The summed E-state index contributed by atoms with van der Waals surface area (Å²) in [5, 5.41) is 25.8. The Bertz CT molecular complexity index is 1430. The molecule has 2 bridgehead atoms. The van der Waals surface area contributed by atoms with E-state index in [1.165, 1.54) is 28.8 Å². The van der Waals surface area contributed by atoms with Crippen LogP contribution in [0.5, 0.6) is 11.6 Å². The van der Waals surface area contributed by atoms with E-state index < -0.39 is 5.95 Å². The smallest absolute Gasteiger partial charge is 0.242 e. The minimum atomic E-state index is -0.799. The fourth-order valence-corrected chi connectivity index (χ4v) is 5.25. The lowest BCUT2D eigenvalue weighted by Crippen LogP contribution is -2.68. The molecule has 0 aromatic carbocycles. The number of rotatable bonds is 6. The molecular weight excluding hydrogens is 465 g/mol. The molecule has 4 aromatic heterocycles. The number of methoxy groups -OCH3 is 1. The van der Waals surface area contributed by atoms with E-state index >= 15 is 0 Å². The number of nitrogens with zero attached hydrogens (tertiary/aromatic N) is 7. The number of aromatic hydroxyl groups is 1. The van der Waals surface area contributed by atoms with Crippen molar-refractivity contribution < 1.29 is 19.4 Å². The molecule has 36 heavy (non-hydrogen) atoms. The summed E-state index contributed by atoms with van der Waals surface area (Å²) in [5.74, 6) is 0.615. The maximum absolute atomic E-state index is 14.3. The van der Waals surface area contributed by atoms with Gasteiger partial charge < -0.3 is 20.0 Å². The maximum Gasteiger partial charge on any atom is 0.242 e. The summed E-state index contributed by atoms with van der Waals surface area (Å²) < 4.78 is 20.7. The summed E-state index contributed by atoms with van der Waals surface area (Å²) in [7, 11) is 1.61. The first-order valence-electron chi connectivity index (χ1n) is 11.6. The van der Waals surface area contributed by atoms with E-state index in [-0.39, 0.29) is 11.3 Å². The van der Waals surface area contributed by atoms with Gasteiger partial charge in [-0.3, -0.25) is 4.90 Å². The minimum absolute atomic E-state index is 0.0276. The summed E-state index contributed by atoms with van der Waals surface area (Å²) in [5.41, 5.74) is 2.78. The molecule has 11 heteroatoms. The second kappa shape index (κ2) is 8.76. The highest BCUT2D eigenvalue weighted by Crippen LogP contribution is 2.36. The highest BCUT2D eigenvalue weighted by Gasteiger charge is 2.44. The van der Waals surface area contributed by atoms with Crippen molar-refractivity contribution in [3.63, 3.8) is 0 Å². The molecule has 4 aromatic rings. The zero-order valence-corrected chi connectivity index (χ0v) is 19.5. The van der Waals surface area contributed by atoms with Crippen molar-refractivity contribution in [3.8, 4) is 22.8 Å². The number of piperazine rings is 1. The number of aromatic nitrogens is 4. The summed E-state index contributed by atoms with van der Waals surface area (Å²) in [6.07, 6.45) is 7.03. The lowest BCUT2D eigenvalue weighted by Gasteiger charge is -2.56. The molecule has 0 amide bonds. The molecule has 0 aliphatic carbocycles. The van der Waals surface area contributed by atoms with Crippen LogP contribution in [0.3, 0.4) is 0 Å². The van der Waals surface area contributed by atoms with Gasteiger partial charge in [0.2, 0.25) is 11.8 Å². The molecule has 7 rings (SSSR count). The van der Waals surface area contributed by atoms with Crippen molar-refractivity contribution in [2.75, 3.05) is 25.1 Å². The lowest BCUT2D eigenvalue weighted by molar-refractivity contribution is -0.00876. The van der Waals surface area contributed by atoms with Crippen molar-refractivity contribution in [1.29, 1.82) is 0 Å². The third-order valence-electron chi connectivity index (χ3n) is 6.99. The van der Waals surface area contributed by atoms with Gasteiger partial charge in [0.15, 0.2) is 0 Å². The van der Waals surface area contributed by atoms with Crippen LogP contribution >= 0.6 is 0 Å². The summed E-state index contributed by atoms with van der Waals surface area (Å²) in [6.45, 7) is 2.63. The first-order valence-corrected chi connectivity index (χ1v) is 11.6. The number of ether oxygens (including phenoxy) is 1. The number of piperidine rings is 1. The Morgan fingerprint density at radius 1 is 1.17 bits per heavy atom. The number of halogens is 1. The number of pyridine rings is 3. The highest BCUT2D eigenvalue weighted by molar-refractivity contribution is 5.96. The molecule has 7 heterocycles. The molecule has 0 radical (unpaired) electrons. The van der Waals surface area contributed by atoms with Crippen LogP contribution in [0.2, 0.25) is 0 Å². The number of hydrogen-bond donors (Lipinski definition) is 2. The predicted molar refractivity (Wildman–Crippen MR) is 130 cm³/mol. The monoisotopic (exact) mass is 489 g/mol. The van der Waals surface area contributed by atoms with Crippen LogP contribution in [0.4, 0.5) is 10.2 Å². The Balaban J connectivity index is 1.20. The van der Waals surface area contributed by atoms with Crippen LogP contribution in [0, 0.1) is 5.95 Å². The van der Waals surface area contributed by atoms with Crippen LogP contribution in [0.15, 0.2) is 54.1 Å². The van der Waals surface area contributed by atoms with Crippen LogP contribution in [-0.4, -0.2) is 73.3 Å². The predicted octanol–water partition coefficient (Wildman–Crippen LogP) is 2.92. The molecule has 3 fully saturated rings. The summed E-state index contributed by atoms with van der Waals surface area (Å²) >= 11 is 0. The molecule has 3 aliphatic rings. The lowest BCUT2D eigenvalue weighted by atomic mass is 9.87. The van der Waals surface area contributed by atoms with E-state index in [0.717, 1.165) is 31.7 Å². The largest absolute Gasteiger partial charge is 0.506 e. The number of oxime groups is 1. The van der Waals surface area contributed by atoms with E-state index in [4.69, 9.17) is 9.94 Å². The molecule has 0 saturated carbocycles. The van der Waals surface area contributed by atoms with Gasteiger partial charge in [0.1, 0.15) is 11.6 Å². The third-order valence-corrected chi connectivity index (χ3v) is 6.99. The molecule has 184 valence electrons. The van der Waals surface area contributed by atoms with Crippen LogP contribution < -0.4 is 9.64 Å². The quantitative estimate of drug-likeness (QED) is 0.242. The third kappa shape index (κ3) is 3.77. The average molecular weight is 490 g/mol. The second-order valence-corrected chi connectivity index (χ2v) is 9.09. The van der Waals surface area contributed by atoms with E-state index in [9.17, 15) is 9.50 Å². The Hall–Kier alpha value is -4.25. The molecule has 3 saturated heterocycles. The first-order chi connectivity index (χ1) is 17.5. The van der Waals surface area contributed by atoms with Crippen molar-refractivity contribution in [3.05, 3.63) is 66.0 Å². The average Bonchev–Trinajstić information content (AvgIpc) is 3.21. The Morgan fingerprint density at radius 2 is 2.00 bits per heavy atom. The zero-order chi connectivity index (χ0) is 24.8. The van der Waals surface area contributed by atoms with Gasteiger partial charge in [0.05, 0.1) is 30.6 Å². The second-order valence-electron chi connectivity index (χ2n) is 9.09. The molecule has 2 atom stereocenters. The molecular formula is C25H24FN7O3. The van der Waals surface area contributed by atoms with Gasteiger partial charge in [-0.15, -0.1) is 5.10 Å². The zero-order valence-electron chi connectivity index (χ0n) is 19.5. The summed E-state index contributed by atoms with van der Waals surface area (Å²) in [6, 6.07) is 10.2. The molecule has 2 unspecified atom stereocenters. The number of fused-ring (bicyclic) bond motifs is 3. The van der Waals surface area contributed by atoms with Crippen molar-refractivity contribution in [1.82, 2.24) is 24.5 Å². The van der Waals surface area contributed by atoms with E-state index in [1.54, 1.807) is 13.3 Å². The SMILES string of the molecule is COc1ccc(CN2C3CC2CN(c2ccc(-c4cc(O)cn5nc(F)c(C=NO)c45)cn2)C3)cn1. The Morgan fingerprint density at radius 3 is 2.67 bits per heavy atom. The van der Waals surface area contributed by atoms with Crippen molar-refractivity contribution >= 4 is 17.5 Å². The van der Waals surface area contributed by atoms with Gasteiger partial charge in [-0.05, 0) is 30.2 Å². The van der Waals surface area contributed by atoms with Crippen molar-refractivity contribution in [2.24, 2.45) is 5.16 Å². The van der Waals surface area contributed by atoms with Crippen LogP contribution in [-0.2, 0) is 6.54 Å². The van der Waals surface area contributed by atoms with Gasteiger partial charge in [-0.2, -0.15) is 4.39 Å². The molecule has 2 N–H and O–H groups in total. The molecule has 3 aliphatic heterocycles. The van der Waals surface area contributed by atoms with Gasteiger partial charge in [-0.1, -0.05) is 11.2 Å². The van der Waals surface area contributed by atoms with Gasteiger partial charge in [-0.25, -0.2) is 14.5 Å². The van der Waals surface area contributed by atoms with Crippen LogP contribution in [0.1, 0.15) is 17.5 Å². The van der Waals surface area contributed by atoms with E-state index in [1.807, 2.05) is 24.4 Å². The Labute approximate surface area is 205 Å². The standard InChI is InChI=1S/C25H24FN7O3/c1-36-23-5-2-15(8-28-23)11-32-17-6-18(32)13-31(12-17)22-4-3-16(9-27-22)20-7-19(34)14-33-24(20)21(10-29-35)25(26)30-33/h2-5,7-10,14,17-18,34-35H,6,11-13H2,1H3. The highest BCUT2D eigenvalue weighted by atomic mass is 19.1. The van der Waals surface area contributed by atoms with Gasteiger partial charge in [0, 0.05) is 61.3 Å². The normalized spacial score (nSPS) is 19.7. The topological polar surface area (TPSA) is 112 Å². The number of hydrogen-bond acceptors (Lipinski definition) is 9. The van der Waals surface area contributed by atoms with E-state index in [2.05, 4.69) is 36.1 Å². The Kier molecular flexibility index (Phi) is 5.41. The first kappa shape index (κ1) is 22.2. The fraction of sp³-hybridized carbons (Fsp3) is 0.280. The minimum Gasteiger partial charge on any atom is -0.506 e. The van der Waals surface area contributed by atoms with E-state index in [0.29, 0.717) is 34.6 Å². The summed E-state index contributed by atoms with van der Waals surface area (Å²) in [4.78, 5) is 13.8. The van der Waals surface area contributed by atoms with Gasteiger partial charge >= 0.3 is 0 Å². The molecule has 0 spiro atoms. The molecule has 10 nitrogen and oxygen atoms in total. The fourth-order valence-electron chi connectivity index (χ4n) is 5.25. The van der Waals surface area contributed by atoms with Crippen molar-refractivity contribution in [2.45, 2.75) is 25.0 Å².